The lowest BCUT2D eigenvalue weighted by atomic mass is 9.97. The van der Waals surface area contributed by atoms with Crippen LogP contribution in [0.15, 0.2) is 18.2 Å². The number of carboxylic acids is 1. The van der Waals surface area contributed by atoms with Crippen LogP contribution in [0.3, 0.4) is 0 Å². The van der Waals surface area contributed by atoms with E-state index in [4.69, 9.17) is 10.4 Å². The third-order valence-electron chi connectivity index (χ3n) is 3.76. The second-order valence-corrected chi connectivity index (χ2v) is 5.14. The number of hydrogen-bond acceptors (Lipinski definition) is 3. The molecule has 0 bridgehead atoms. The smallest absolute Gasteiger partial charge is 0.321 e. The molecule has 0 aromatic heterocycles. The molecule has 6 heteroatoms. The Kier molecular flexibility index (Phi) is 4.43. The molecule has 1 aliphatic rings. The molecule has 2 amide bonds. The number of aliphatic carboxylic acids is 1. The summed E-state index contributed by atoms with van der Waals surface area (Å²) in [4.78, 5) is 24.7. The number of urea groups is 1. The van der Waals surface area contributed by atoms with Crippen LogP contribution in [0, 0.1) is 24.2 Å². The van der Waals surface area contributed by atoms with E-state index in [1.54, 1.807) is 17.0 Å². The van der Waals surface area contributed by atoms with Crippen molar-refractivity contribution in [3.63, 3.8) is 0 Å². The Labute approximate surface area is 123 Å². The molecule has 1 fully saturated rings. The van der Waals surface area contributed by atoms with Crippen LogP contribution in [0.4, 0.5) is 10.5 Å². The summed E-state index contributed by atoms with van der Waals surface area (Å²) >= 11 is 0. The van der Waals surface area contributed by atoms with Crippen LogP contribution in [0.1, 0.15) is 24.0 Å². The van der Waals surface area contributed by atoms with Gasteiger partial charge in [0.15, 0.2) is 0 Å². The molecule has 6 nitrogen and oxygen atoms in total. The van der Waals surface area contributed by atoms with Crippen LogP contribution in [0.2, 0.25) is 0 Å². The van der Waals surface area contributed by atoms with Crippen molar-refractivity contribution in [2.45, 2.75) is 19.8 Å². The third-order valence-corrected chi connectivity index (χ3v) is 3.76. The molecule has 1 aromatic carbocycles. The van der Waals surface area contributed by atoms with Gasteiger partial charge in [0.25, 0.3) is 0 Å². The second kappa shape index (κ2) is 6.27. The maximum Gasteiger partial charge on any atom is 0.321 e. The Morgan fingerprint density at radius 1 is 1.38 bits per heavy atom. The SMILES string of the molecule is Cc1cccc(NC(=O)N2CCC(C(=O)O)CC2)c1C#N. The van der Waals surface area contributed by atoms with E-state index in [2.05, 4.69) is 11.4 Å². The maximum absolute atomic E-state index is 12.2. The summed E-state index contributed by atoms with van der Waals surface area (Å²) in [7, 11) is 0. The number of piperidine rings is 1. The van der Waals surface area contributed by atoms with Gasteiger partial charge in [-0.3, -0.25) is 4.79 Å². The first kappa shape index (κ1) is 14.9. The van der Waals surface area contributed by atoms with Gasteiger partial charge in [-0.25, -0.2) is 4.79 Å². The largest absolute Gasteiger partial charge is 0.481 e. The quantitative estimate of drug-likeness (QED) is 0.872. The molecule has 0 atom stereocenters. The number of nitrogens with one attached hydrogen (secondary N) is 1. The summed E-state index contributed by atoms with van der Waals surface area (Å²) in [6.45, 7) is 2.64. The van der Waals surface area contributed by atoms with E-state index in [9.17, 15) is 9.59 Å². The number of aryl methyl sites for hydroxylation is 1. The number of likely N-dealkylation sites (tertiary alicyclic amines) is 1. The van der Waals surface area contributed by atoms with Crippen LogP contribution in [0.5, 0.6) is 0 Å². The zero-order valence-corrected chi connectivity index (χ0v) is 11.8. The predicted molar refractivity (Wildman–Crippen MR) is 76.8 cm³/mol. The third kappa shape index (κ3) is 3.31. The van der Waals surface area contributed by atoms with Gasteiger partial charge >= 0.3 is 12.0 Å². The highest BCUT2D eigenvalue weighted by atomic mass is 16.4. The number of nitriles is 1. The lowest BCUT2D eigenvalue weighted by Gasteiger charge is -2.30. The normalized spacial score (nSPS) is 15.3. The molecule has 1 aliphatic heterocycles. The highest BCUT2D eigenvalue weighted by molar-refractivity contribution is 5.91. The lowest BCUT2D eigenvalue weighted by molar-refractivity contribution is -0.143. The van der Waals surface area contributed by atoms with E-state index in [1.807, 2.05) is 13.0 Å². The van der Waals surface area contributed by atoms with Crippen LogP contribution in [-0.2, 0) is 4.79 Å². The summed E-state index contributed by atoms with van der Waals surface area (Å²) in [6.07, 6.45) is 0.920. The molecule has 1 aromatic rings. The first-order valence-electron chi connectivity index (χ1n) is 6.81. The average molecular weight is 287 g/mol. The van der Waals surface area contributed by atoms with Gasteiger partial charge in [-0.2, -0.15) is 5.26 Å². The van der Waals surface area contributed by atoms with Crippen LogP contribution in [-0.4, -0.2) is 35.1 Å². The molecule has 0 spiro atoms. The summed E-state index contributed by atoms with van der Waals surface area (Å²) in [5.41, 5.74) is 1.74. The summed E-state index contributed by atoms with van der Waals surface area (Å²) in [5.74, 6) is -1.18. The van der Waals surface area contributed by atoms with Gasteiger partial charge < -0.3 is 15.3 Å². The number of hydrogen-bond donors (Lipinski definition) is 2. The predicted octanol–water partition coefficient (Wildman–Crippen LogP) is 2.20. The molecule has 0 radical (unpaired) electrons. The number of benzene rings is 1. The summed E-state index contributed by atoms with van der Waals surface area (Å²) in [5, 5.41) is 20.8. The molecular formula is C15H17N3O3. The molecule has 0 saturated carbocycles. The molecule has 110 valence electrons. The average Bonchev–Trinajstić information content (AvgIpc) is 2.47. The molecule has 2 rings (SSSR count). The fraction of sp³-hybridized carbons (Fsp3) is 0.400. The molecule has 0 aliphatic carbocycles. The zero-order chi connectivity index (χ0) is 15.4. The molecule has 21 heavy (non-hydrogen) atoms. The van der Waals surface area contributed by atoms with Crippen molar-refractivity contribution >= 4 is 17.7 Å². The van der Waals surface area contributed by atoms with Crippen molar-refractivity contribution in [1.29, 1.82) is 5.26 Å². The van der Waals surface area contributed by atoms with E-state index in [1.165, 1.54) is 0 Å². The standard InChI is InChI=1S/C15H17N3O3/c1-10-3-2-4-13(12(10)9-16)17-15(21)18-7-5-11(6-8-18)14(19)20/h2-4,11H,5-8H2,1H3,(H,17,21)(H,19,20). The Morgan fingerprint density at radius 2 is 2.05 bits per heavy atom. The molecule has 2 N–H and O–H groups in total. The zero-order valence-electron chi connectivity index (χ0n) is 11.8. The van der Waals surface area contributed by atoms with Crippen molar-refractivity contribution < 1.29 is 14.7 Å². The topological polar surface area (TPSA) is 93.4 Å². The minimum absolute atomic E-state index is 0.291. The van der Waals surface area contributed by atoms with Crippen molar-refractivity contribution in [1.82, 2.24) is 4.90 Å². The molecule has 1 heterocycles. The van der Waals surface area contributed by atoms with Gasteiger partial charge in [-0.15, -0.1) is 0 Å². The number of nitrogens with zero attached hydrogens (tertiary/aromatic N) is 2. The molecule has 1 saturated heterocycles. The van der Waals surface area contributed by atoms with Crippen molar-refractivity contribution in [3.05, 3.63) is 29.3 Å². The second-order valence-electron chi connectivity index (χ2n) is 5.14. The highest BCUT2D eigenvalue weighted by Gasteiger charge is 2.27. The van der Waals surface area contributed by atoms with E-state index in [0.717, 1.165) is 5.56 Å². The van der Waals surface area contributed by atoms with E-state index < -0.39 is 5.97 Å². The number of rotatable bonds is 2. The van der Waals surface area contributed by atoms with E-state index in [0.29, 0.717) is 37.2 Å². The maximum atomic E-state index is 12.2. The first-order chi connectivity index (χ1) is 10.0. The Balaban J connectivity index is 2.02. The van der Waals surface area contributed by atoms with E-state index >= 15 is 0 Å². The van der Waals surface area contributed by atoms with Gasteiger partial charge in [0, 0.05) is 13.1 Å². The van der Waals surface area contributed by atoms with Crippen LogP contribution >= 0.6 is 0 Å². The number of carboxylic acid groups (broad SMARTS) is 1. The van der Waals surface area contributed by atoms with Crippen LogP contribution in [0.25, 0.3) is 0 Å². The highest BCUT2D eigenvalue weighted by Crippen LogP contribution is 2.21. The molecular weight excluding hydrogens is 270 g/mol. The summed E-state index contributed by atoms with van der Waals surface area (Å²) in [6, 6.07) is 7.07. The number of carbonyl (C=O) groups is 2. The Bertz CT molecular complexity index is 599. The van der Waals surface area contributed by atoms with Gasteiger partial charge in [-0.05, 0) is 31.4 Å². The Hall–Kier alpha value is -2.55. The fourth-order valence-electron chi connectivity index (χ4n) is 2.44. The van der Waals surface area contributed by atoms with Crippen molar-refractivity contribution in [2.24, 2.45) is 5.92 Å². The Morgan fingerprint density at radius 3 is 2.62 bits per heavy atom. The van der Waals surface area contributed by atoms with Gasteiger partial charge in [-0.1, -0.05) is 12.1 Å². The number of anilines is 1. The van der Waals surface area contributed by atoms with Gasteiger partial charge in [0.05, 0.1) is 17.2 Å². The minimum atomic E-state index is -0.805. The lowest BCUT2D eigenvalue weighted by Crippen LogP contribution is -2.42. The number of carbonyl (C=O) groups excluding carboxylic acids is 1. The van der Waals surface area contributed by atoms with E-state index in [-0.39, 0.29) is 11.9 Å². The molecule has 0 unspecified atom stereocenters. The fourth-order valence-corrected chi connectivity index (χ4v) is 2.44. The number of amides is 2. The minimum Gasteiger partial charge on any atom is -0.481 e. The van der Waals surface area contributed by atoms with Crippen molar-refractivity contribution in [3.8, 4) is 6.07 Å². The van der Waals surface area contributed by atoms with Gasteiger partial charge in [0.1, 0.15) is 6.07 Å². The van der Waals surface area contributed by atoms with Crippen molar-refractivity contribution in [2.75, 3.05) is 18.4 Å². The summed E-state index contributed by atoms with van der Waals surface area (Å²) < 4.78 is 0. The van der Waals surface area contributed by atoms with Crippen LogP contribution < -0.4 is 5.32 Å². The first-order valence-corrected chi connectivity index (χ1v) is 6.81. The monoisotopic (exact) mass is 287 g/mol. The van der Waals surface area contributed by atoms with Gasteiger partial charge in [0.2, 0.25) is 0 Å².